The molecule has 2 bridgehead atoms. The second kappa shape index (κ2) is 4.52. The number of nitrogens with zero attached hydrogens (tertiary/aromatic N) is 2. The molecular formula is C13H19ClN2S. The van der Waals surface area contributed by atoms with E-state index in [0.717, 1.165) is 6.54 Å². The maximum absolute atomic E-state index is 6.30. The highest BCUT2D eigenvalue weighted by molar-refractivity contribution is 7.11. The number of halogens is 1. The van der Waals surface area contributed by atoms with Gasteiger partial charge in [-0.2, -0.15) is 0 Å². The van der Waals surface area contributed by atoms with Crippen LogP contribution >= 0.6 is 22.9 Å². The van der Waals surface area contributed by atoms with Crippen LogP contribution in [0.4, 0.5) is 0 Å². The Morgan fingerprint density at radius 2 is 1.94 bits per heavy atom. The summed E-state index contributed by atoms with van der Waals surface area (Å²) in [5, 5.41) is 1.69. The van der Waals surface area contributed by atoms with Crippen molar-refractivity contribution >= 4 is 22.9 Å². The van der Waals surface area contributed by atoms with E-state index < -0.39 is 0 Å². The van der Waals surface area contributed by atoms with Crippen LogP contribution in [0.5, 0.6) is 0 Å². The van der Waals surface area contributed by atoms with Gasteiger partial charge in [0.05, 0.1) is 12.2 Å². The molecule has 94 valence electrons. The van der Waals surface area contributed by atoms with Crippen molar-refractivity contribution in [3.8, 4) is 0 Å². The topological polar surface area (TPSA) is 16.1 Å². The van der Waals surface area contributed by atoms with Gasteiger partial charge in [0.2, 0.25) is 0 Å². The number of rotatable bonds is 2. The maximum atomic E-state index is 6.30. The predicted molar refractivity (Wildman–Crippen MR) is 72.8 cm³/mol. The Labute approximate surface area is 112 Å². The third-order valence-corrected chi connectivity index (χ3v) is 5.63. The molecule has 2 nitrogen and oxygen atoms in total. The van der Waals surface area contributed by atoms with E-state index in [-0.39, 0.29) is 0 Å². The van der Waals surface area contributed by atoms with Crippen molar-refractivity contribution in [1.82, 2.24) is 9.88 Å². The van der Waals surface area contributed by atoms with Gasteiger partial charge in [0.1, 0.15) is 5.01 Å². The smallest absolute Gasteiger partial charge is 0.107 e. The summed E-state index contributed by atoms with van der Waals surface area (Å²) in [6.07, 6.45) is 5.00. The first-order chi connectivity index (χ1) is 8.13. The normalized spacial score (nSPS) is 33.2. The minimum Gasteiger partial charge on any atom is -0.291 e. The molecule has 0 radical (unpaired) electrons. The Kier molecular flexibility index (Phi) is 3.18. The molecular weight excluding hydrogens is 252 g/mol. The zero-order chi connectivity index (χ0) is 12.0. The van der Waals surface area contributed by atoms with E-state index in [1.54, 1.807) is 0 Å². The molecule has 3 heterocycles. The number of piperidine rings is 1. The van der Waals surface area contributed by atoms with Gasteiger partial charge >= 0.3 is 0 Å². The molecule has 2 aliphatic rings. The van der Waals surface area contributed by atoms with Gasteiger partial charge in [-0.25, -0.2) is 4.98 Å². The molecule has 4 heteroatoms. The average molecular weight is 271 g/mol. The second-order valence-electron chi connectivity index (χ2n) is 5.38. The lowest BCUT2D eigenvalue weighted by Crippen LogP contribution is -2.42. The fourth-order valence-corrected chi connectivity index (χ4v) is 4.58. The first-order valence-corrected chi connectivity index (χ1v) is 7.71. The van der Waals surface area contributed by atoms with Crippen LogP contribution < -0.4 is 0 Å². The molecule has 2 unspecified atom stereocenters. The number of aromatic nitrogens is 1. The molecule has 0 saturated carbocycles. The van der Waals surface area contributed by atoms with E-state index in [1.165, 1.54) is 41.3 Å². The largest absolute Gasteiger partial charge is 0.291 e. The third kappa shape index (κ3) is 2.25. The van der Waals surface area contributed by atoms with Gasteiger partial charge in [-0.1, -0.05) is 0 Å². The zero-order valence-corrected chi connectivity index (χ0v) is 12.0. The summed E-state index contributed by atoms with van der Waals surface area (Å²) in [5.74, 6) is 0. The van der Waals surface area contributed by atoms with Crippen molar-refractivity contribution in [3.05, 3.63) is 15.6 Å². The molecule has 2 atom stereocenters. The molecule has 0 aliphatic carbocycles. The number of aryl methyl sites for hydroxylation is 2. The van der Waals surface area contributed by atoms with Crippen LogP contribution in [0.2, 0.25) is 0 Å². The van der Waals surface area contributed by atoms with E-state index in [4.69, 9.17) is 11.6 Å². The average Bonchev–Trinajstić information content (AvgIpc) is 2.70. The van der Waals surface area contributed by atoms with Crippen molar-refractivity contribution in [2.45, 2.75) is 63.5 Å². The molecule has 2 saturated heterocycles. The Hall–Kier alpha value is -0.120. The van der Waals surface area contributed by atoms with Crippen molar-refractivity contribution in [3.63, 3.8) is 0 Å². The van der Waals surface area contributed by atoms with Gasteiger partial charge in [0.15, 0.2) is 0 Å². The highest BCUT2D eigenvalue weighted by Gasteiger charge is 2.40. The molecule has 0 N–H and O–H groups in total. The van der Waals surface area contributed by atoms with Crippen molar-refractivity contribution in [2.75, 3.05) is 0 Å². The monoisotopic (exact) mass is 270 g/mol. The first-order valence-electron chi connectivity index (χ1n) is 6.46. The quantitative estimate of drug-likeness (QED) is 0.765. The van der Waals surface area contributed by atoms with Crippen LogP contribution in [0.1, 0.15) is 41.3 Å². The minimum atomic E-state index is 0.406. The Morgan fingerprint density at radius 3 is 2.47 bits per heavy atom. The third-order valence-electron chi connectivity index (χ3n) is 4.22. The summed E-state index contributed by atoms with van der Waals surface area (Å²) >= 11 is 8.16. The van der Waals surface area contributed by atoms with Gasteiger partial charge in [-0.15, -0.1) is 22.9 Å². The number of hydrogen-bond donors (Lipinski definition) is 0. The van der Waals surface area contributed by atoms with Crippen LogP contribution in [0, 0.1) is 13.8 Å². The fraction of sp³-hybridized carbons (Fsp3) is 0.769. The van der Waals surface area contributed by atoms with Crippen LogP contribution in [0.25, 0.3) is 0 Å². The van der Waals surface area contributed by atoms with Gasteiger partial charge in [0.25, 0.3) is 0 Å². The number of alkyl halides is 1. The predicted octanol–water partition coefficient (Wildman–Crippen LogP) is 3.49. The molecule has 2 aliphatic heterocycles. The van der Waals surface area contributed by atoms with E-state index in [0.29, 0.717) is 17.5 Å². The Bertz CT molecular complexity index is 384. The van der Waals surface area contributed by atoms with Gasteiger partial charge in [0, 0.05) is 22.3 Å². The summed E-state index contributed by atoms with van der Waals surface area (Å²) in [4.78, 5) is 8.67. The lowest BCUT2D eigenvalue weighted by molar-refractivity contribution is 0.134. The van der Waals surface area contributed by atoms with Crippen LogP contribution in [-0.2, 0) is 6.54 Å². The summed E-state index contributed by atoms with van der Waals surface area (Å²) in [6.45, 7) is 5.31. The lowest BCUT2D eigenvalue weighted by Gasteiger charge is -2.36. The van der Waals surface area contributed by atoms with Crippen LogP contribution in [0.3, 0.4) is 0 Å². The zero-order valence-electron chi connectivity index (χ0n) is 10.4. The lowest BCUT2D eigenvalue weighted by atomic mass is 10.0. The van der Waals surface area contributed by atoms with Gasteiger partial charge in [-0.3, -0.25) is 4.90 Å². The Balaban J connectivity index is 1.74. The van der Waals surface area contributed by atoms with Crippen LogP contribution in [0.15, 0.2) is 0 Å². The standard InChI is InChI=1S/C13H19ClN2S/c1-8-9(2)17-13(15-8)7-16-11-3-4-12(16)6-10(14)5-11/h10-12H,3-7H2,1-2H3. The molecule has 17 heavy (non-hydrogen) atoms. The van der Waals surface area contributed by atoms with Crippen molar-refractivity contribution < 1.29 is 0 Å². The van der Waals surface area contributed by atoms with Gasteiger partial charge in [-0.05, 0) is 39.5 Å². The van der Waals surface area contributed by atoms with Gasteiger partial charge < -0.3 is 0 Å². The Morgan fingerprint density at radius 1 is 1.29 bits per heavy atom. The number of fused-ring (bicyclic) bond motifs is 2. The first kappa shape index (κ1) is 11.9. The van der Waals surface area contributed by atoms with E-state index in [1.807, 2.05) is 11.3 Å². The summed E-state index contributed by atoms with van der Waals surface area (Å²) in [5.41, 5.74) is 1.20. The SMILES string of the molecule is Cc1nc(CN2C3CCC2CC(Cl)C3)sc1C. The minimum absolute atomic E-state index is 0.406. The highest BCUT2D eigenvalue weighted by atomic mass is 35.5. The molecule has 1 aromatic rings. The fourth-order valence-electron chi connectivity index (χ4n) is 3.23. The molecule has 0 aromatic carbocycles. The van der Waals surface area contributed by atoms with E-state index in [9.17, 15) is 0 Å². The molecule has 3 rings (SSSR count). The molecule has 2 fully saturated rings. The van der Waals surface area contributed by atoms with E-state index >= 15 is 0 Å². The summed E-state index contributed by atoms with van der Waals surface area (Å²) < 4.78 is 0. The number of hydrogen-bond acceptors (Lipinski definition) is 3. The molecule has 1 aromatic heterocycles. The van der Waals surface area contributed by atoms with Crippen molar-refractivity contribution in [2.24, 2.45) is 0 Å². The summed E-state index contributed by atoms with van der Waals surface area (Å²) in [6, 6.07) is 1.42. The second-order valence-corrected chi connectivity index (χ2v) is 7.28. The highest BCUT2D eigenvalue weighted by Crippen LogP contribution is 2.39. The summed E-state index contributed by atoms with van der Waals surface area (Å²) in [7, 11) is 0. The van der Waals surface area contributed by atoms with Crippen molar-refractivity contribution in [1.29, 1.82) is 0 Å². The van der Waals surface area contributed by atoms with E-state index in [2.05, 4.69) is 23.7 Å². The molecule has 0 amide bonds. The molecule has 0 spiro atoms. The maximum Gasteiger partial charge on any atom is 0.107 e. The number of thiazole rings is 1. The van der Waals surface area contributed by atoms with Crippen LogP contribution in [-0.4, -0.2) is 27.3 Å².